The van der Waals surface area contributed by atoms with Gasteiger partial charge in [-0.3, -0.25) is 0 Å². The van der Waals surface area contributed by atoms with E-state index < -0.39 is 6.17 Å². The van der Waals surface area contributed by atoms with Crippen LogP contribution in [0.4, 0.5) is 16.0 Å². The van der Waals surface area contributed by atoms with Crippen molar-refractivity contribution in [2.45, 2.75) is 31.5 Å². The monoisotopic (exact) mass is 224 g/mol. The van der Waals surface area contributed by atoms with Crippen LogP contribution >= 0.6 is 0 Å². The van der Waals surface area contributed by atoms with Crippen LogP contribution in [-0.2, 0) is 0 Å². The zero-order chi connectivity index (χ0) is 11.5. The minimum Gasteiger partial charge on any atom is -0.364 e. The Bertz CT molecular complexity index is 356. The van der Waals surface area contributed by atoms with E-state index in [0.29, 0.717) is 12.2 Å². The van der Waals surface area contributed by atoms with Crippen LogP contribution in [0.5, 0.6) is 0 Å². The molecule has 2 rings (SSSR count). The molecule has 0 unspecified atom stereocenters. The number of nitrogens with one attached hydrogen (secondary N) is 1. The van der Waals surface area contributed by atoms with E-state index in [0.717, 1.165) is 18.7 Å². The molecule has 0 aliphatic heterocycles. The molecule has 1 N–H and O–H groups in total. The standard InChI is InChI=1S/C11H17FN4/c1-16(2)11-6-10(13-7-14-11)15-9-5-3-4-8(9)12/h6-9H,3-5H2,1-2H3,(H,13,14,15)/t8-,9-/m1/s1. The van der Waals surface area contributed by atoms with Crippen molar-refractivity contribution in [1.29, 1.82) is 0 Å². The van der Waals surface area contributed by atoms with Gasteiger partial charge in [0.2, 0.25) is 0 Å². The normalized spacial score (nSPS) is 24.4. The van der Waals surface area contributed by atoms with E-state index >= 15 is 0 Å². The van der Waals surface area contributed by atoms with Gasteiger partial charge in [0.15, 0.2) is 0 Å². The number of nitrogens with zero attached hydrogens (tertiary/aromatic N) is 3. The van der Waals surface area contributed by atoms with Gasteiger partial charge in [-0.05, 0) is 19.3 Å². The molecule has 0 amide bonds. The molecule has 88 valence electrons. The van der Waals surface area contributed by atoms with Crippen LogP contribution in [0.1, 0.15) is 19.3 Å². The number of rotatable bonds is 3. The first-order valence-electron chi connectivity index (χ1n) is 5.57. The molecule has 4 nitrogen and oxygen atoms in total. The summed E-state index contributed by atoms with van der Waals surface area (Å²) in [5, 5.41) is 3.13. The van der Waals surface area contributed by atoms with Crippen LogP contribution in [0, 0.1) is 0 Å². The highest BCUT2D eigenvalue weighted by molar-refractivity contribution is 5.48. The Hall–Kier alpha value is -1.39. The van der Waals surface area contributed by atoms with E-state index in [4.69, 9.17) is 0 Å². The lowest BCUT2D eigenvalue weighted by atomic mass is 10.2. The van der Waals surface area contributed by atoms with E-state index in [-0.39, 0.29) is 6.04 Å². The highest BCUT2D eigenvalue weighted by atomic mass is 19.1. The molecule has 0 bridgehead atoms. The Kier molecular flexibility index (Phi) is 3.22. The van der Waals surface area contributed by atoms with Crippen LogP contribution in [0.3, 0.4) is 0 Å². The molecular formula is C11H17FN4. The van der Waals surface area contributed by atoms with Gasteiger partial charge in [-0.25, -0.2) is 14.4 Å². The van der Waals surface area contributed by atoms with Crippen molar-refractivity contribution in [3.8, 4) is 0 Å². The van der Waals surface area contributed by atoms with Gasteiger partial charge < -0.3 is 10.2 Å². The average molecular weight is 224 g/mol. The van der Waals surface area contributed by atoms with Crippen molar-refractivity contribution < 1.29 is 4.39 Å². The second-order valence-corrected chi connectivity index (χ2v) is 4.35. The molecule has 5 heteroatoms. The molecule has 16 heavy (non-hydrogen) atoms. The molecule has 2 atom stereocenters. The van der Waals surface area contributed by atoms with Gasteiger partial charge >= 0.3 is 0 Å². The SMILES string of the molecule is CN(C)c1cc(N[C@@H]2CCC[C@H]2F)ncn1. The number of hydrogen-bond acceptors (Lipinski definition) is 4. The second kappa shape index (κ2) is 4.63. The van der Waals surface area contributed by atoms with E-state index in [1.165, 1.54) is 6.33 Å². The first-order chi connectivity index (χ1) is 7.66. The van der Waals surface area contributed by atoms with Crippen molar-refractivity contribution in [2.75, 3.05) is 24.3 Å². The van der Waals surface area contributed by atoms with E-state index in [1.54, 1.807) is 0 Å². The quantitative estimate of drug-likeness (QED) is 0.850. The van der Waals surface area contributed by atoms with Crippen LogP contribution < -0.4 is 10.2 Å². The van der Waals surface area contributed by atoms with Gasteiger partial charge in [-0.15, -0.1) is 0 Å². The smallest absolute Gasteiger partial charge is 0.133 e. The lowest BCUT2D eigenvalue weighted by Crippen LogP contribution is -2.25. The van der Waals surface area contributed by atoms with Crippen molar-refractivity contribution in [3.63, 3.8) is 0 Å². The number of anilines is 2. The summed E-state index contributed by atoms with van der Waals surface area (Å²) in [6.07, 6.45) is 3.23. The highest BCUT2D eigenvalue weighted by Gasteiger charge is 2.26. The molecule has 0 spiro atoms. The fourth-order valence-corrected chi connectivity index (χ4v) is 1.94. The Morgan fingerprint density at radius 1 is 1.38 bits per heavy atom. The maximum Gasteiger partial charge on any atom is 0.133 e. The van der Waals surface area contributed by atoms with Crippen molar-refractivity contribution >= 4 is 11.6 Å². The molecular weight excluding hydrogens is 207 g/mol. The zero-order valence-electron chi connectivity index (χ0n) is 9.65. The van der Waals surface area contributed by atoms with Gasteiger partial charge in [0, 0.05) is 20.2 Å². The highest BCUT2D eigenvalue weighted by Crippen LogP contribution is 2.25. The van der Waals surface area contributed by atoms with E-state index in [1.807, 2.05) is 25.1 Å². The second-order valence-electron chi connectivity index (χ2n) is 4.35. The van der Waals surface area contributed by atoms with Crippen LogP contribution in [0.15, 0.2) is 12.4 Å². The molecule has 1 aliphatic rings. The van der Waals surface area contributed by atoms with E-state index in [2.05, 4.69) is 15.3 Å². The topological polar surface area (TPSA) is 41.0 Å². The Morgan fingerprint density at radius 2 is 2.19 bits per heavy atom. The molecule has 1 heterocycles. The minimum absolute atomic E-state index is 0.0927. The predicted molar refractivity (Wildman–Crippen MR) is 62.5 cm³/mol. The van der Waals surface area contributed by atoms with Gasteiger partial charge in [0.05, 0.1) is 6.04 Å². The lowest BCUT2D eigenvalue weighted by Gasteiger charge is -2.17. The third-order valence-electron chi connectivity index (χ3n) is 2.88. The molecule has 1 fully saturated rings. The molecule has 1 aromatic heterocycles. The first kappa shape index (κ1) is 11.1. The van der Waals surface area contributed by atoms with Crippen LogP contribution in [0.2, 0.25) is 0 Å². The van der Waals surface area contributed by atoms with Gasteiger partial charge in [0.25, 0.3) is 0 Å². The lowest BCUT2D eigenvalue weighted by molar-refractivity contribution is 0.323. The van der Waals surface area contributed by atoms with Crippen molar-refractivity contribution in [2.24, 2.45) is 0 Å². The summed E-state index contributed by atoms with van der Waals surface area (Å²) in [4.78, 5) is 10.1. The van der Waals surface area contributed by atoms with Gasteiger partial charge in [0.1, 0.15) is 24.1 Å². The van der Waals surface area contributed by atoms with E-state index in [9.17, 15) is 4.39 Å². The Labute approximate surface area is 94.9 Å². The Morgan fingerprint density at radius 3 is 2.81 bits per heavy atom. The number of halogens is 1. The summed E-state index contributed by atoms with van der Waals surface area (Å²) in [5.41, 5.74) is 0. The Balaban J connectivity index is 2.06. The summed E-state index contributed by atoms with van der Waals surface area (Å²) in [5.74, 6) is 1.53. The molecule has 0 radical (unpaired) electrons. The summed E-state index contributed by atoms with van der Waals surface area (Å²) >= 11 is 0. The molecule has 1 saturated carbocycles. The van der Waals surface area contributed by atoms with Gasteiger partial charge in [-0.1, -0.05) is 0 Å². The summed E-state index contributed by atoms with van der Waals surface area (Å²) in [6.45, 7) is 0. The van der Waals surface area contributed by atoms with Gasteiger partial charge in [-0.2, -0.15) is 0 Å². The largest absolute Gasteiger partial charge is 0.364 e. The van der Waals surface area contributed by atoms with Crippen LogP contribution in [0.25, 0.3) is 0 Å². The molecule has 1 aliphatic carbocycles. The maximum absolute atomic E-state index is 13.4. The fraction of sp³-hybridized carbons (Fsp3) is 0.636. The number of aromatic nitrogens is 2. The van der Waals surface area contributed by atoms with Crippen molar-refractivity contribution in [1.82, 2.24) is 9.97 Å². The molecule has 0 saturated heterocycles. The van der Waals surface area contributed by atoms with Crippen molar-refractivity contribution in [3.05, 3.63) is 12.4 Å². The molecule has 0 aromatic carbocycles. The average Bonchev–Trinajstić information content (AvgIpc) is 2.65. The fourth-order valence-electron chi connectivity index (χ4n) is 1.94. The maximum atomic E-state index is 13.4. The summed E-state index contributed by atoms with van der Waals surface area (Å²) in [6, 6.07) is 1.75. The third kappa shape index (κ3) is 2.40. The number of hydrogen-bond donors (Lipinski definition) is 1. The van der Waals surface area contributed by atoms with Crippen LogP contribution in [-0.4, -0.2) is 36.3 Å². The number of alkyl halides is 1. The zero-order valence-corrected chi connectivity index (χ0v) is 9.65. The molecule has 1 aromatic rings. The first-order valence-corrected chi connectivity index (χ1v) is 5.57. The predicted octanol–water partition coefficient (Wildman–Crippen LogP) is 1.85. The third-order valence-corrected chi connectivity index (χ3v) is 2.88. The minimum atomic E-state index is -0.752. The summed E-state index contributed by atoms with van der Waals surface area (Å²) in [7, 11) is 3.83. The summed E-state index contributed by atoms with van der Waals surface area (Å²) < 4.78 is 13.4.